The Morgan fingerprint density at radius 2 is 0.629 bits per heavy atom. The molecule has 0 heterocycles. The molecule has 6 heteroatoms. The fourth-order valence-electron chi connectivity index (χ4n) is 7.31. The summed E-state index contributed by atoms with van der Waals surface area (Å²) in [6.45, 7) is 6.49. The summed E-state index contributed by atoms with van der Waals surface area (Å²) < 4.78 is 16.8. The number of hydrogen-bond donors (Lipinski definition) is 0. The Labute approximate surface area is 383 Å². The normalized spacial score (nSPS) is 12.5. The molecule has 0 aliphatic rings. The van der Waals surface area contributed by atoms with Gasteiger partial charge >= 0.3 is 17.9 Å². The van der Waals surface area contributed by atoms with Gasteiger partial charge in [0, 0.05) is 19.3 Å². The number of carbonyl (C=O) groups excluding carboxylic acids is 3. The number of allylic oxidation sites excluding steroid dienone is 10. The number of esters is 3. The molecule has 0 rings (SSSR count). The molecule has 0 radical (unpaired) electrons. The zero-order valence-corrected chi connectivity index (χ0v) is 40.9. The Morgan fingerprint density at radius 3 is 1.00 bits per heavy atom. The molecule has 0 spiro atoms. The Morgan fingerprint density at radius 1 is 0.339 bits per heavy atom. The first kappa shape index (κ1) is 59.1. The molecule has 358 valence electrons. The average Bonchev–Trinajstić information content (AvgIpc) is 3.27. The summed E-state index contributed by atoms with van der Waals surface area (Å²) in [6.07, 6.45) is 62.1. The minimum absolute atomic E-state index is 0.0787. The molecule has 0 aliphatic heterocycles. The highest BCUT2D eigenvalue weighted by molar-refractivity contribution is 5.71. The van der Waals surface area contributed by atoms with Crippen LogP contribution in [0.5, 0.6) is 0 Å². The lowest BCUT2D eigenvalue weighted by molar-refractivity contribution is -0.167. The van der Waals surface area contributed by atoms with Gasteiger partial charge in [-0.05, 0) is 83.5 Å². The molecule has 0 saturated heterocycles. The second kappa shape index (κ2) is 50.8. The van der Waals surface area contributed by atoms with Crippen LogP contribution in [0.4, 0.5) is 0 Å². The third-order valence-corrected chi connectivity index (χ3v) is 11.3. The van der Waals surface area contributed by atoms with Crippen molar-refractivity contribution in [3.05, 3.63) is 60.8 Å². The van der Waals surface area contributed by atoms with E-state index in [-0.39, 0.29) is 31.1 Å². The first-order valence-electron chi connectivity index (χ1n) is 26.3. The van der Waals surface area contributed by atoms with E-state index in [2.05, 4.69) is 81.5 Å². The standard InChI is InChI=1S/C56H98O6/c1-4-7-10-13-16-19-21-23-25-26-27-28-29-30-32-33-35-37-40-43-46-49-55(58)61-52-53(51-60-54(57)48-45-42-39-18-15-12-9-6-3)62-56(59)50-47-44-41-38-36-34-31-24-22-20-17-14-11-8-5-2/h7,10,16,19,23-25,27-28,31,53H,4-6,8-9,11-15,17-18,20-22,26,29-30,32-52H2,1-3H3/b10-7-,19-16-,25-23-,28-27-,31-24-. The lowest BCUT2D eigenvalue weighted by atomic mass is 10.1. The van der Waals surface area contributed by atoms with Crippen LogP contribution in [-0.4, -0.2) is 37.2 Å². The Kier molecular flexibility index (Phi) is 48.4. The van der Waals surface area contributed by atoms with Gasteiger partial charge < -0.3 is 14.2 Å². The zero-order valence-electron chi connectivity index (χ0n) is 40.9. The molecule has 0 N–H and O–H groups in total. The van der Waals surface area contributed by atoms with Crippen molar-refractivity contribution in [3.63, 3.8) is 0 Å². The molecule has 0 aliphatic carbocycles. The minimum atomic E-state index is -0.778. The van der Waals surface area contributed by atoms with E-state index in [9.17, 15) is 14.4 Å². The summed E-state index contributed by atoms with van der Waals surface area (Å²) in [6, 6.07) is 0. The highest BCUT2D eigenvalue weighted by Crippen LogP contribution is 2.14. The van der Waals surface area contributed by atoms with E-state index in [4.69, 9.17) is 14.2 Å². The number of hydrogen-bond acceptors (Lipinski definition) is 6. The maximum absolute atomic E-state index is 12.8. The molecule has 0 aromatic heterocycles. The van der Waals surface area contributed by atoms with Crippen LogP contribution in [0.3, 0.4) is 0 Å². The van der Waals surface area contributed by atoms with Gasteiger partial charge in [-0.1, -0.05) is 216 Å². The zero-order chi connectivity index (χ0) is 45.1. The molecule has 1 atom stereocenters. The maximum atomic E-state index is 12.8. The van der Waals surface area contributed by atoms with Crippen LogP contribution in [-0.2, 0) is 28.6 Å². The molecule has 6 nitrogen and oxygen atoms in total. The van der Waals surface area contributed by atoms with E-state index in [1.165, 1.54) is 116 Å². The summed E-state index contributed by atoms with van der Waals surface area (Å²) in [5, 5.41) is 0. The lowest BCUT2D eigenvalue weighted by Gasteiger charge is -2.18. The van der Waals surface area contributed by atoms with E-state index >= 15 is 0 Å². The molecule has 1 unspecified atom stereocenters. The van der Waals surface area contributed by atoms with Gasteiger partial charge in [0.1, 0.15) is 13.2 Å². The number of rotatable bonds is 47. The van der Waals surface area contributed by atoms with Crippen LogP contribution < -0.4 is 0 Å². The van der Waals surface area contributed by atoms with Crippen molar-refractivity contribution < 1.29 is 28.6 Å². The van der Waals surface area contributed by atoms with Gasteiger partial charge in [-0.25, -0.2) is 0 Å². The van der Waals surface area contributed by atoms with Crippen LogP contribution in [0.1, 0.15) is 258 Å². The predicted molar refractivity (Wildman–Crippen MR) is 265 cm³/mol. The highest BCUT2D eigenvalue weighted by atomic mass is 16.6. The van der Waals surface area contributed by atoms with Crippen molar-refractivity contribution in [2.45, 2.75) is 264 Å². The topological polar surface area (TPSA) is 78.9 Å². The molecule has 0 bridgehead atoms. The third kappa shape index (κ3) is 48.1. The molecule has 0 amide bonds. The monoisotopic (exact) mass is 867 g/mol. The Balaban J connectivity index is 4.28. The molecular weight excluding hydrogens is 769 g/mol. The molecule has 0 fully saturated rings. The van der Waals surface area contributed by atoms with Crippen molar-refractivity contribution in [1.29, 1.82) is 0 Å². The summed E-state index contributed by atoms with van der Waals surface area (Å²) in [7, 11) is 0. The number of ether oxygens (including phenoxy) is 3. The highest BCUT2D eigenvalue weighted by Gasteiger charge is 2.19. The molecular formula is C56H98O6. The average molecular weight is 867 g/mol. The Hall–Kier alpha value is -2.89. The lowest BCUT2D eigenvalue weighted by Crippen LogP contribution is -2.30. The van der Waals surface area contributed by atoms with Crippen LogP contribution in [0.2, 0.25) is 0 Å². The van der Waals surface area contributed by atoms with E-state index < -0.39 is 6.10 Å². The number of carbonyl (C=O) groups is 3. The smallest absolute Gasteiger partial charge is 0.306 e. The quantitative estimate of drug-likeness (QED) is 0.0262. The Bertz CT molecular complexity index is 1130. The predicted octanol–water partition coefficient (Wildman–Crippen LogP) is 17.3. The van der Waals surface area contributed by atoms with Gasteiger partial charge in [0.15, 0.2) is 6.10 Å². The van der Waals surface area contributed by atoms with E-state index in [0.717, 1.165) is 103 Å². The largest absolute Gasteiger partial charge is 0.462 e. The summed E-state index contributed by atoms with van der Waals surface area (Å²) >= 11 is 0. The van der Waals surface area contributed by atoms with Crippen LogP contribution in [0.15, 0.2) is 60.8 Å². The van der Waals surface area contributed by atoms with Crippen LogP contribution in [0, 0.1) is 0 Å². The molecule has 0 saturated carbocycles. The third-order valence-electron chi connectivity index (χ3n) is 11.3. The first-order valence-corrected chi connectivity index (χ1v) is 26.3. The van der Waals surface area contributed by atoms with Crippen molar-refractivity contribution in [2.75, 3.05) is 13.2 Å². The van der Waals surface area contributed by atoms with Gasteiger partial charge in [0.25, 0.3) is 0 Å². The van der Waals surface area contributed by atoms with Gasteiger partial charge in [-0.3, -0.25) is 14.4 Å². The van der Waals surface area contributed by atoms with Crippen molar-refractivity contribution in [3.8, 4) is 0 Å². The maximum Gasteiger partial charge on any atom is 0.306 e. The van der Waals surface area contributed by atoms with Crippen LogP contribution in [0.25, 0.3) is 0 Å². The number of unbranched alkanes of at least 4 members (excludes halogenated alkanes) is 26. The van der Waals surface area contributed by atoms with Crippen LogP contribution >= 0.6 is 0 Å². The van der Waals surface area contributed by atoms with E-state index in [1.54, 1.807) is 0 Å². The summed E-state index contributed by atoms with van der Waals surface area (Å²) in [5.41, 5.74) is 0. The van der Waals surface area contributed by atoms with Gasteiger partial charge in [0.05, 0.1) is 0 Å². The van der Waals surface area contributed by atoms with Crippen molar-refractivity contribution in [1.82, 2.24) is 0 Å². The van der Waals surface area contributed by atoms with E-state index in [1.807, 2.05) is 0 Å². The first-order chi connectivity index (χ1) is 30.5. The second-order valence-corrected chi connectivity index (χ2v) is 17.4. The second-order valence-electron chi connectivity index (χ2n) is 17.4. The summed E-state index contributed by atoms with van der Waals surface area (Å²) in [5.74, 6) is -0.895. The van der Waals surface area contributed by atoms with Gasteiger partial charge in [0.2, 0.25) is 0 Å². The van der Waals surface area contributed by atoms with Crippen molar-refractivity contribution in [2.24, 2.45) is 0 Å². The fraction of sp³-hybridized carbons (Fsp3) is 0.768. The fourth-order valence-corrected chi connectivity index (χ4v) is 7.31. The molecule has 0 aromatic carbocycles. The molecule has 0 aromatic rings. The van der Waals surface area contributed by atoms with Crippen molar-refractivity contribution >= 4 is 17.9 Å². The van der Waals surface area contributed by atoms with Gasteiger partial charge in [-0.2, -0.15) is 0 Å². The SMILES string of the molecule is CC/C=C\C/C=C\C/C=C\C/C=C\CCCCCCCCCCC(=O)OCC(COC(=O)CCCCCCCCCC)OC(=O)CCCCCCC/C=C\CCCCCCCC. The van der Waals surface area contributed by atoms with Gasteiger partial charge in [-0.15, -0.1) is 0 Å². The molecule has 62 heavy (non-hydrogen) atoms. The van der Waals surface area contributed by atoms with E-state index in [0.29, 0.717) is 19.3 Å². The summed E-state index contributed by atoms with van der Waals surface area (Å²) in [4.78, 5) is 37.9. The minimum Gasteiger partial charge on any atom is -0.462 e.